The largest absolute Gasteiger partial charge is 0.451 e. The van der Waals surface area contributed by atoms with Gasteiger partial charge in [-0.05, 0) is 44.4 Å². The van der Waals surface area contributed by atoms with E-state index >= 15 is 0 Å². The van der Waals surface area contributed by atoms with Crippen LogP contribution in [-0.2, 0) is 4.79 Å². The Labute approximate surface area is 146 Å². The molecule has 1 aromatic carbocycles. The Balaban J connectivity index is 1.39. The van der Waals surface area contributed by atoms with Crippen molar-refractivity contribution in [1.29, 1.82) is 0 Å². The van der Waals surface area contributed by atoms with Crippen LogP contribution in [0.5, 0.6) is 0 Å². The first-order valence-electron chi connectivity index (χ1n) is 9.02. The summed E-state index contributed by atoms with van der Waals surface area (Å²) in [6.45, 7) is 2.26. The normalized spacial score (nSPS) is 23.8. The zero-order valence-corrected chi connectivity index (χ0v) is 14.2. The van der Waals surface area contributed by atoms with Gasteiger partial charge in [0.1, 0.15) is 5.58 Å². The number of benzene rings is 1. The van der Waals surface area contributed by atoms with Gasteiger partial charge in [-0.15, -0.1) is 0 Å². The molecule has 0 spiro atoms. The van der Waals surface area contributed by atoms with Crippen molar-refractivity contribution < 1.29 is 14.0 Å². The van der Waals surface area contributed by atoms with Crippen molar-refractivity contribution in [2.24, 2.45) is 0 Å². The lowest BCUT2D eigenvalue weighted by atomic mass is 10.0. The van der Waals surface area contributed by atoms with Gasteiger partial charge >= 0.3 is 0 Å². The van der Waals surface area contributed by atoms with Crippen molar-refractivity contribution in [2.75, 3.05) is 19.6 Å². The summed E-state index contributed by atoms with van der Waals surface area (Å²) in [6.07, 6.45) is 3.75. The van der Waals surface area contributed by atoms with Crippen LogP contribution in [0.15, 0.2) is 34.7 Å². The van der Waals surface area contributed by atoms with E-state index in [0.717, 1.165) is 44.2 Å². The lowest BCUT2D eigenvalue weighted by Gasteiger charge is -2.34. The average molecular weight is 341 g/mol. The van der Waals surface area contributed by atoms with Crippen LogP contribution in [0, 0.1) is 0 Å². The van der Waals surface area contributed by atoms with Crippen LogP contribution < -0.4 is 10.6 Å². The molecule has 0 radical (unpaired) electrons. The Morgan fingerprint density at radius 3 is 2.88 bits per heavy atom. The first-order chi connectivity index (χ1) is 12.2. The van der Waals surface area contributed by atoms with Crippen LogP contribution in [0.1, 0.15) is 36.2 Å². The standard InChI is InChI=1S/C19H23N3O3/c23-18(17-11-13-5-1-2-8-16(13)25-17)21-14-6-4-10-22(12-14)19(24)15-7-3-9-20-15/h1-2,5,8,11,14-15,20H,3-4,6-7,9-10,12H2,(H,21,23). The first kappa shape index (κ1) is 16.1. The highest BCUT2D eigenvalue weighted by Crippen LogP contribution is 2.20. The Hall–Kier alpha value is -2.34. The van der Waals surface area contributed by atoms with Crippen LogP contribution in [0.25, 0.3) is 11.0 Å². The number of furan rings is 1. The number of likely N-dealkylation sites (tertiary alicyclic amines) is 1. The molecule has 2 saturated heterocycles. The molecule has 2 amide bonds. The summed E-state index contributed by atoms with van der Waals surface area (Å²) in [6, 6.07) is 9.26. The smallest absolute Gasteiger partial charge is 0.287 e. The molecule has 132 valence electrons. The third kappa shape index (κ3) is 3.39. The van der Waals surface area contributed by atoms with E-state index < -0.39 is 0 Å². The lowest BCUT2D eigenvalue weighted by molar-refractivity contribution is -0.134. The molecule has 0 bridgehead atoms. The molecular weight excluding hydrogens is 318 g/mol. The van der Waals surface area contributed by atoms with Crippen molar-refractivity contribution in [3.8, 4) is 0 Å². The van der Waals surface area contributed by atoms with Gasteiger partial charge in [-0.25, -0.2) is 0 Å². The van der Waals surface area contributed by atoms with Gasteiger partial charge in [-0.2, -0.15) is 0 Å². The summed E-state index contributed by atoms with van der Waals surface area (Å²) < 4.78 is 5.62. The maximum atomic E-state index is 12.6. The van der Waals surface area contributed by atoms with E-state index in [4.69, 9.17) is 4.42 Å². The fourth-order valence-electron chi connectivity index (χ4n) is 3.76. The zero-order chi connectivity index (χ0) is 17.2. The fourth-order valence-corrected chi connectivity index (χ4v) is 3.76. The van der Waals surface area contributed by atoms with Gasteiger partial charge < -0.3 is 20.0 Å². The number of hydrogen-bond donors (Lipinski definition) is 2. The number of nitrogens with zero attached hydrogens (tertiary/aromatic N) is 1. The monoisotopic (exact) mass is 341 g/mol. The van der Waals surface area contributed by atoms with Gasteiger partial charge in [-0.1, -0.05) is 18.2 Å². The van der Waals surface area contributed by atoms with Gasteiger partial charge in [0.05, 0.1) is 6.04 Å². The van der Waals surface area contributed by atoms with Crippen LogP contribution in [0.2, 0.25) is 0 Å². The number of amides is 2. The Morgan fingerprint density at radius 1 is 1.20 bits per heavy atom. The van der Waals surface area contributed by atoms with Crippen LogP contribution in [-0.4, -0.2) is 48.4 Å². The van der Waals surface area contributed by atoms with Crippen molar-refractivity contribution in [2.45, 2.75) is 37.8 Å². The average Bonchev–Trinajstić information content (AvgIpc) is 3.31. The molecule has 2 atom stereocenters. The van der Waals surface area contributed by atoms with Gasteiger partial charge in [0.25, 0.3) is 5.91 Å². The quantitative estimate of drug-likeness (QED) is 0.894. The number of nitrogens with one attached hydrogen (secondary N) is 2. The fraction of sp³-hybridized carbons (Fsp3) is 0.474. The molecule has 0 aliphatic carbocycles. The first-order valence-corrected chi connectivity index (χ1v) is 9.02. The Kier molecular flexibility index (Phi) is 4.44. The third-order valence-corrected chi connectivity index (χ3v) is 5.08. The van der Waals surface area contributed by atoms with Crippen molar-refractivity contribution in [1.82, 2.24) is 15.5 Å². The molecule has 6 heteroatoms. The van der Waals surface area contributed by atoms with Crippen LogP contribution in [0.4, 0.5) is 0 Å². The van der Waals surface area contributed by atoms with Crippen LogP contribution in [0.3, 0.4) is 0 Å². The zero-order valence-electron chi connectivity index (χ0n) is 14.2. The summed E-state index contributed by atoms with van der Waals surface area (Å²) >= 11 is 0. The summed E-state index contributed by atoms with van der Waals surface area (Å²) in [5.74, 6) is 0.275. The molecule has 2 fully saturated rings. The van der Waals surface area contributed by atoms with E-state index in [2.05, 4.69) is 10.6 Å². The summed E-state index contributed by atoms with van der Waals surface area (Å²) in [5, 5.41) is 7.20. The van der Waals surface area contributed by atoms with Gasteiger partial charge in [-0.3, -0.25) is 9.59 Å². The number of piperidine rings is 1. The Bertz CT molecular complexity index is 746. The third-order valence-electron chi connectivity index (χ3n) is 5.08. The highest BCUT2D eigenvalue weighted by atomic mass is 16.3. The lowest BCUT2D eigenvalue weighted by Crippen LogP contribution is -2.53. The van der Waals surface area contributed by atoms with Gasteiger partial charge in [0.2, 0.25) is 5.91 Å². The molecule has 2 aromatic rings. The number of rotatable bonds is 3. The number of carbonyl (C=O) groups is 2. The minimum atomic E-state index is -0.213. The molecule has 2 N–H and O–H groups in total. The SMILES string of the molecule is O=C(NC1CCCN(C(=O)C2CCCN2)C1)c1cc2ccccc2o1. The van der Waals surface area contributed by atoms with E-state index in [1.165, 1.54) is 0 Å². The molecule has 4 rings (SSSR count). The number of fused-ring (bicyclic) bond motifs is 1. The maximum Gasteiger partial charge on any atom is 0.287 e. The molecule has 2 aliphatic heterocycles. The molecule has 2 unspecified atom stereocenters. The second-order valence-corrected chi connectivity index (χ2v) is 6.89. The van der Waals surface area contributed by atoms with E-state index in [1.54, 1.807) is 6.07 Å². The molecule has 1 aromatic heterocycles. The van der Waals surface area contributed by atoms with Gasteiger partial charge in [0, 0.05) is 24.5 Å². The topological polar surface area (TPSA) is 74.6 Å². The highest BCUT2D eigenvalue weighted by molar-refractivity contribution is 5.96. The molecule has 25 heavy (non-hydrogen) atoms. The predicted molar refractivity (Wildman–Crippen MR) is 94.3 cm³/mol. The molecule has 6 nitrogen and oxygen atoms in total. The maximum absolute atomic E-state index is 12.6. The van der Waals surface area contributed by atoms with Crippen LogP contribution >= 0.6 is 0 Å². The van der Waals surface area contributed by atoms with Gasteiger partial charge in [0.15, 0.2) is 5.76 Å². The highest BCUT2D eigenvalue weighted by Gasteiger charge is 2.31. The van der Waals surface area contributed by atoms with E-state index in [-0.39, 0.29) is 23.9 Å². The second-order valence-electron chi connectivity index (χ2n) is 6.89. The van der Waals surface area contributed by atoms with Crippen molar-refractivity contribution >= 4 is 22.8 Å². The van der Waals surface area contributed by atoms with Crippen molar-refractivity contribution in [3.63, 3.8) is 0 Å². The molecule has 3 heterocycles. The second kappa shape index (κ2) is 6.88. The summed E-state index contributed by atoms with van der Waals surface area (Å²) in [5.41, 5.74) is 0.709. The molecular formula is C19H23N3O3. The molecule has 2 aliphatic rings. The summed E-state index contributed by atoms with van der Waals surface area (Å²) in [4.78, 5) is 26.9. The van der Waals surface area contributed by atoms with E-state index in [1.807, 2.05) is 29.2 Å². The van der Waals surface area contributed by atoms with Crippen molar-refractivity contribution in [3.05, 3.63) is 36.1 Å². The minimum absolute atomic E-state index is 0.0279. The minimum Gasteiger partial charge on any atom is -0.451 e. The molecule has 0 saturated carbocycles. The number of hydrogen-bond acceptors (Lipinski definition) is 4. The number of para-hydroxylation sites is 1. The van der Waals surface area contributed by atoms with E-state index in [0.29, 0.717) is 17.9 Å². The number of carbonyl (C=O) groups excluding carboxylic acids is 2. The summed E-state index contributed by atoms with van der Waals surface area (Å²) in [7, 11) is 0. The predicted octanol–water partition coefficient (Wildman–Crippen LogP) is 1.91. The Morgan fingerprint density at radius 2 is 2.08 bits per heavy atom. The van der Waals surface area contributed by atoms with E-state index in [9.17, 15) is 9.59 Å².